The quantitative estimate of drug-likeness (QED) is 0.159. The maximum Gasteiger partial charge on any atom is 0.416 e. The van der Waals surface area contributed by atoms with Crippen LogP contribution in [0.3, 0.4) is 0 Å². The first-order valence-corrected chi connectivity index (χ1v) is 10.6. The molecule has 4 aromatic rings. The van der Waals surface area contributed by atoms with Crippen LogP contribution in [0, 0.1) is 12.7 Å². The number of aryl methyl sites for hydroxylation is 1. The number of hydrogen-bond acceptors (Lipinski definition) is 4. The number of fused-ring (bicyclic) bond motifs is 1. The number of nitrogens with zero attached hydrogens (tertiary/aromatic N) is 1. The second kappa shape index (κ2) is 11.4. The van der Waals surface area contributed by atoms with Crippen molar-refractivity contribution >= 4 is 17.3 Å². The topological polar surface area (TPSA) is 114 Å². The van der Waals surface area contributed by atoms with Crippen molar-refractivity contribution in [1.82, 2.24) is 15.3 Å². The molecule has 0 spiro atoms. The van der Waals surface area contributed by atoms with Crippen molar-refractivity contribution < 1.29 is 60.3 Å². The van der Waals surface area contributed by atoms with Crippen LogP contribution in [0.25, 0.3) is 28.2 Å². The van der Waals surface area contributed by atoms with Gasteiger partial charge in [-0.05, 0) is 42.3 Å². The summed E-state index contributed by atoms with van der Waals surface area (Å²) in [5.74, 6) is -0.0743. The van der Waals surface area contributed by atoms with Crippen molar-refractivity contribution in [3.8, 4) is 22.5 Å². The van der Waals surface area contributed by atoms with Gasteiger partial charge in [-0.25, -0.2) is 9.37 Å². The van der Waals surface area contributed by atoms with E-state index in [1.54, 1.807) is 30.5 Å². The molecule has 5 N–H and O–H groups in total. The van der Waals surface area contributed by atoms with Crippen molar-refractivity contribution in [1.29, 1.82) is 0 Å². The molecule has 7 nitrogen and oxygen atoms in total. The molecule has 0 aliphatic carbocycles. The molecule has 0 saturated heterocycles. The third-order valence-corrected chi connectivity index (χ3v) is 5.50. The van der Waals surface area contributed by atoms with Gasteiger partial charge >= 0.3 is 6.18 Å². The Hall–Kier alpha value is -3.28. The molecule has 2 heterocycles. The van der Waals surface area contributed by atoms with E-state index in [0.29, 0.717) is 34.6 Å². The van der Waals surface area contributed by atoms with Crippen LogP contribution in [0.4, 0.5) is 28.9 Å². The number of halogens is 4. The van der Waals surface area contributed by atoms with Crippen LogP contribution in [-0.4, -0.2) is 21.1 Å². The number of anilines is 1. The summed E-state index contributed by atoms with van der Waals surface area (Å²) < 4.78 is 50.1. The Morgan fingerprint density at radius 1 is 1.05 bits per heavy atom. The molecule has 0 fully saturated rings. The van der Waals surface area contributed by atoms with Crippen LogP contribution in [0.1, 0.15) is 27.2 Å². The fourth-order valence-electron chi connectivity index (χ4n) is 3.85. The smallest absolute Gasteiger partial charge is 0.416 e. The van der Waals surface area contributed by atoms with E-state index in [9.17, 15) is 22.4 Å². The number of aromatic nitrogens is 2. The molecule has 1 aliphatic rings. The zero-order valence-corrected chi connectivity index (χ0v) is 22.2. The number of alkyl halides is 3. The third kappa shape index (κ3) is 6.18. The Morgan fingerprint density at radius 3 is 2.32 bits per heavy atom. The van der Waals surface area contributed by atoms with Crippen LogP contribution in [0.15, 0.2) is 60.8 Å². The summed E-state index contributed by atoms with van der Waals surface area (Å²) in [5, 5.41) is 11.7. The largest absolute Gasteiger partial charge is 0.699 e. The number of aromatic amines is 1. The zero-order valence-electron chi connectivity index (χ0n) is 19.4. The van der Waals surface area contributed by atoms with Crippen LogP contribution < -0.4 is 10.8 Å². The molecule has 1 aromatic heterocycles. The molecule has 0 saturated carbocycles. The van der Waals surface area contributed by atoms with Gasteiger partial charge in [0, 0.05) is 62.3 Å². The van der Waals surface area contributed by atoms with Gasteiger partial charge in [0.1, 0.15) is 11.6 Å². The molecule has 1 radical (unpaired) electrons. The van der Waals surface area contributed by atoms with E-state index >= 15 is 0 Å². The molecule has 37 heavy (non-hydrogen) atoms. The molecule has 3 aromatic carbocycles. The first-order chi connectivity index (χ1) is 17.1. The molecular weight excluding hydrogens is 567 g/mol. The van der Waals surface area contributed by atoms with E-state index in [4.69, 9.17) is 10.9 Å². The van der Waals surface area contributed by atoms with Crippen LogP contribution in [-0.2, 0) is 45.4 Å². The zero-order chi connectivity index (χ0) is 26.0. The molecule has 1 aliphatic heterocycles. The average Bonchev–Trinajstić information content (AvgIpc) is 3.44. The van der Waals surface area contributed by atoms with E-state index in [-0.39, 0.29) is 50.0 Å². The predicted molar refractivity (Wildman–Crippen MR) is 126 cm³/mol. The van der Waals surface area contributed by atoms with Gasteiger partial charge in [0.25, 0.3) is 5.91 Å². The monoisotopic (exact) mass is 587 g/mol. The van der Waals surface area contributed by atoms with Crippen LogP contribution in [0.2, 0.25) is 0 Å². The summed E-state index contributed by atoms with van der Waals surface area (Å²) in [5.41, 5.74) is 12.0. The van der Waals surface area contributed by atoms with E-state index < -0.39 is 17.6 Å². The maximum atomic E-state index is 14.4. The van der Waals surface area contributed by atoms with Gasteiger partial charge in [-0.2, -0.15) is 13.2 Å². The van der Waals surface area contributed by atoms with Gasteiger partial charge in [-0.3, -0.25) is 15.5 Å². The standard InChI is InChI=1S/C18H15FN4O2.C7H5F3N.Y/c1-9-7-20-17(22-9)13-5-4-11(14-8-21-18(24)16(13)14)12-3-2-10(23-25)6-15(12)19;8-7(9,10)5-2-1-3-6(11)4-5;/h2-7,23,25H,8H2,1H3,(H,20,22)(H,21,24);1-4,11H;/q;-1;. The first-order valence-electron chi connectivity index (χ1n) is 10.6. The number of nitrogens with one attached hydrogen (secondary N) is 4. The van der Waals surface area contributed by atoms with Crippen LogP contribution >= 0.6 is 0 Å². The molecule has 0 bridgehead atoms. The summed E-state index contributed by atoms with van der Waals surface area (Å²) in [6, 6.07) is 12.2. The molecule has 0 atom stereocenters. The summed E-state index contributed by atoms with van der Waals surface area (Å²) in [4.78, 5) is 19.8. The number of carbonyl (C=O) groups excluding carboxylic acids is 1. The minimum Gasteiger partial charge on any atom is -0.699 e. The first kappa shape index (κ1) is 28.3. The van der Waals surface area contributed by atoms with Crippen molar-refractivity contribution in [3.63, 3.8) is 0 Å². The van der Waals surface area contributed by atoms with Crippen molar-refractivity contribution in [2.45, 2.75) is 19.6 Å². The number of hydrogen-bond donors (Lipinski definition) is 4. The number of carbonyl (C=O) groups is 1. The molecule has 5 rings (SSSR count). The van der Waals surface area contributed by atoms with Gasteiger partial charge in [0.2, 0.25) is 0 Å². The Kier molecular flexibility index (Phi) is 8.73. The molecule has 189 valence electrons. The number of H-pyrrole nitrogens is 1. The van der Waals surface area contributed by atoms with E-state index in [0.717, 1.165) is 23.4 Å². The fourth-order valence-corrected chi connectivity index (χ4v) is 3.85. The normalized spacial score (nSPS) is 12.1. The molecule has 12 heteroatoms. The maximum absolute atomic E-state index is 14.4. The van der Waals surface area contributed by atoms with E-state index in [2.05, 4.69) is 15.3 Å². The molecular formula is C25H20F4N5O2Y-. The Morgan fingerprint density at radius 2 is 1.76 bits per heavy atom. The van der Waals surface area contributed by atoms with Crippen molar-refractivity contribution in [2.75, 3.05) is 5.48 Å². The van der Waals surface area contributed by atoms with Gasteiger partial charge in [0.05, 0.1) is 16.8 Å². The average molecular weight is 587 g/mol. The summed E-state index contributed by atoms with van der Waals surface area (Å²) in [6.07, 6.45) is -2.64. The van der Waals surface area contributed by atoms with Crippen LogP contribution in [0.5, 0.6) is 0 Å². The second-order valence-corrected chi connectivity index (χ2v) is 8.00. The number of rotatable bonds is 3. The summed E-state index contributed by atoms with van der Waals surface area (Å²) >= 11 is 0. The minimum absolute atomic E-state index is 0. The second-order valence-electron chi connectivity index (χ2n) is 8.00. The SMILES string of the molecule is Cc1cnc(-c2ccc(-c3ccc(NO)cc3F)c3c2C(=O)NC3)[nH]1.[NH-]c1cccc(C(F)(F)F)c1.[Y]. The molecule has 1 amide bonds. The van der Waals surface area contributed by atoms with Crippen molar-refractivity contribution in [3.05, 3.63) is 94.7 Å². The van der Waals surface area contributed by atoms with Gasteiger partial charge in [0.15, 0.2) is 0 Å². The number of benzene rings is 3. The van der Waals surface area contributed by atoms with Crippen molar-refractivity contribution in [2.24, 2.45) is 0 Å². The number of amides is 1. The molecule has 0 unspecified atom stereocenters. The Bertz CT molecular complexity index is 1440. The van der Waals surface area contributed by atoms with E-state index in [1.165, 1.54) is 18.2 Å². The van der Waals surface area contributed by atoms with Gasteiger partial charge in [-0.1, -0.05) is 30.3 Å². The van der Waals surface area contributed by atoms with Gasteiger partial charge < -0.3 is 16.0 Å². The minimum atomic E-state index is -4.34. The number of imidazole rings is 1. The summed E-state index contributed by atoms with van der Waals surface area (Å²) in [7, 11) is 0. The Balaban J connectivity index is 0.000000269. The van der Waals surface area contributed by atoms with Gasteiger partial charge in [-0.15, -0.1) is 5.69 Å². The van der Waals surface area contributed by atoms with E-state index in [1.807, 2.05) is 12.4 Å². The fraction of sp³-hybridized carbons (Fsp3) is 0.120. The third-order valence-electron chi connectivity index (χ3n) is 5.50. The summed E-state index contributed by atoms with van der Waals surface area (Å²) in [6.45, 7) is 2.22. The predicted octanol–water partition coefficient (Wildman–Crippen LogP) is 6.62. The Labute approximate surface area is 234 Å².